The molecule has 0 aliphatic heterocycles. The van der Waals surface area contributed by atoms with Crippen molar-refractivity contribution in [2.24, 2.45) is 5.73 Å². The third kappa shape index (κ3) is 4.09. The number of benzene rings is 1. The smallest absolute Gasteiger partial charge is 0.254 e. The standard InChI is InChI=1S/C16H19ClN2O2/c1-16(2,8-11-5-3-4-6-14(11)17)19-15(20)12-7-13(9-18)21-10-12/h3-7,10H,8-9,18H2,1-2H3,(H,19,20). The number of amides is 1. The van der Waals surface area contributed by atoms with Gasteiger partial charge in [0, 0.05) is 10.6 Å². The van der Waals surface area contributed by atoms with Gasteiger partial charge in [0.25, 0.3) is 5.91 Å². The van der Waals surface area contributed by atoms with Crippen LogP contribution in [0.3, 0.4) is 0 Å². The molecule has 4 nitrogen and oxygen atoms in total. The number of hydrogen-bond donors (Lipinski definition) is 2. The summed E-state index contributed by atoms with van der Waals surface area (Å²) in [6, 6.07) is 9.28. The lowest BCUT2D eigenvalue weighted by atomic mass is 9.94. The molecule has 0 saturated carbocycles. The molecule has 0 spiro atoms. The molecule has 112 valence electrons. The SMILES string of the molecule is CC(C)(Cc1ccccc1Cl)NC(=O)c1coc(CN)c1. The third-order valence-corrected chi connectivity index (χ3v) is 3.53. The number of furan rings is 1. The Bertz CT molecular complexity index is 635. The second-order valence-corrected chi connectivity index (χ2v) is 6.02. The van der Waals surface area contributed by atoms with Gasteiger partial charge in [-0.05, 0) is 38.0 Å². The van der Waals surface area contributed by atoms with E-state index in [2.05, 4.69) is 5.32 Å². The fourth-order valence-corrected chi connectivity index (χ4v) is 2.35. The summed E-state index contributed by atoms with van der Waals surface area (Å²) in [6.07, 6.45) is 2.06. The van der Waals surface area contributed by atoms with Crippen molar-refractivity contribution in [1.82, 2.24) is 5.32 Å². The first-order chi connectivity index (χ1) is 9.91. The summed E-state index contributed by atoms with van der Waals surface area (Å²) < 4.78 is 5.18. The van der Waals surface area contributed by atoms with Crippen LogP contribution in [-0.2, 0) is 13.0 Å². The summed E-state index contributed by atoms with van der Waals surface area (Å²) in [5.41, 5.74) is 6.51. The summed E-state index contributed by atoms with van der Waals surface area (Å²) in [6.45, 7) is 4.19. The Balaban J connectivity index is 2.06. The molecule has 3 N–H and O–H groups in total. The van der Waals surface area contributed by atoms with E-state index in [0.29, 0.717) is 22.8 Å². The van der Waals surface area contributed by atoms with Crippen LogP contribution in [0.1, 0.15) is 35.5 Å². The van der Waals surface area contributed by atoms with Gasteiger partial charge in [-0.2, -0.15) is 0 Å². The van der Waals surface area contributed by atoms with E-state index in [1.165, 1.54) is 6.26 Å². The molecule has 0 radical (unpaired) electrons. The normalized spacial score (nSPS) is 11.4. The van der Waals surface area contributed by atoms with E-state index in [1.807, 2.05) is 38.1 Å². The molecule has 5 heteroatoms. The van der Waals surface area contributed by atoms with Gasteiger partial charge in [0.2, 0.25) is 0 Å². The summed E-state index contributed by atoms with van der Waals surface area (Å²) in [5, 5.41) is 3.69. The van der Waals surface area contributed by atoms with Crippen LogP contribution in [0.5, 0.6) is 0 Å². The van der Waals surface area contributed by atoms with Crippen molar-refractivity contribution < 1.29 is 9.21 Å². The second-order valence-electron chi connectivity index (χ2n) is 5.61. The van der Waals surface area contributed by atoms with Crippen LogP contribution in [0.15, 0.2) is 41.0 Å². The predicted octanol–water partition coefficient (Wildman–Crippen LogP) is 3.14. The number of carbonyl (C=O) groups excluding carboxylic acids is 1. The minimum absolute atomic E-state index is 0.185. The molecule has 2 rings (SSSR count). The molecular formula is C16H19ClN2O2. The van der Waals surface area contributed by atoms with E-state index >= 15 is 0 Å². The van der Waals surface area contributed by atoms with Crippen molar-refractivity contribution in [3.8, 4) is 0 Å². The van der Waals surface area contributed by atoms with Crippen LogP contribution < -0.4 is 11.1 Å². The van der Waals surface area contributed by atoms with Crippen LogP contribution in [-0.4, -0.2) is 11.4 Å². The lowest BCUT2D eigenvalue weighted by Crippen LogP contribution is -2.45. The maximum Gasteiger partial charge on any atom is 0.254 e. The molecule has 0 unspecified atom stereocenters. The summed E-state index contributed by atoms with van der Waals surface area (Å²) in [5.74, 6) is 0.402. The Morgan fingerprint density at radius 1 is 1.38 bits per heavy atom. The van der Waals surface area contributed by atoms with Crippen molar-refractivity contribution in [2.75, 3.05) is 0 Å². The number of nitrogens with two attached hydrogens (primary N) is 1. The van der Waals surface area contributed by atoms with Gasteiger partial charge in [-0.15, -0.1) is 0 Å². The highest BCUT2D eigenvalue weighted by atomic mass is 35.5. The molecule has 1 heterocycles. The molecule has 1 aromatic heterocycles. The zero-order chi connectivity index (χ0) is 15.5. The van der Waals surface area contributed by atoms with Gasteiger partial charge in [0.05, 0.1) is 12.1 Å². The second kappa shape index (κ2) is 6.33. The van der Waals surface area contributed by atoms with Crippen LogP contribution in [0.25, 0.3) is 0 Å². The zero-order valence-electron chi connectivity index (χ0n) is 12.2. The van der Waals surface area contributed by atoms with Gasteiger partial charge >= 0.3 is 0 Å². The van der Waals surface area contributed by atoms with Crippen LogP contribution in [0, 0.1) is 0 Å². The highest BCUT2D eigenvalue weighted by Crippen LogP contribution is 2.21. The van der Waals surface area contributed by atoms with Crippen molar-refractivity contribution >= 4 is 17.5 Å². The largest absolute Gasteiger partial charge is 0.467 e. The molecule has 2 aromatic rings. The highest BCUT2D eigenvalue weighted by molar-refractivity contribution is 6.31. The summed E-state index contributed by atoms with van der Waals surface area (Å²) in [4.78, 5) is 12.2. The van der Waals surface area contributed by atoms with Gasteiger partial charge in [-0.25, -0.2) is 0 Å². The third-order valence-electron chi connectivity index (χ3n) is 3.16. The Morgan fingerprint density at radius 2 is 2.10 bits per heavy atom. The first-order valence-corrected chi connectivity index (χ1v) is 7.12. The Morgan fingerprint density at radius 3 is 2.71 bits per heavy atom. The van der Waals surface area contributed by atoms with Crippen LogP contribution in [0.2, 0.25) is 5.02 Å². The number of halogens is 1. The quantitative estimate of drug-likeness (QED) is 0.891. The average molecular weight is 307 g/mol. The minimum atomic E-state index is -0.428. The van der Waals surface area contributed by atoms with Gasteiger partial charge in [-0.3, -0.25) is 4.79 Å². The van der Waals surface area contributed by atoms with E-state index in [-0.39, 0.29) is 12.5 Å². The number of nitrogens with one attached hydrogen (secondary N) is 1. The molecule has 0 fully saturated rings. The van der Waals surface area contributed by atoms with Crippen LogP contribution in [0.4, 0.5) is 0 Å². The fraction of sp³-hybridized carbons (Fsp3) is 0.312. The lowest BCUT2D eigenvalue weighted by Gasteiger charge is -2.26. The van der Waals surface area contributed by atoms with Crippen molar-refractivity contribution in [3.05, 3.63) is 58.5 Å². The maximum atomic E-state index is 12.2. The Kier molecular flexibility index (Phi) is 4.70. The molecule has 21 heavy (non-hydrogen) atoms. The Hall–Kier alpha value is -1.78. The topological polar surface area (TPSA) is 68.3 Å². The van der Waals surface area contributed by atoms with Crippen molar-refractivity contribution in [2.45, 2.75) is 32.4 Å². The molecule has 0 bridgehead atoms. The molecule has 1 aromatic carbocycles. The lowest BCUT2D eigenvalue weighted by molar-refractivity contribution is 0.0912. The van der Waals surface area contributed by atoms with E-state index in [9.17, 15) is 4.79 Å². The van der Waals surface area contributed by atoms with Gasteiger partial charge in [0.15, 0.2) is 0 Å². The van der Waals surface area contributed by atoms with Gasteiger partial charge < -0.3 is 15.5 Å². The molecule has 0 saturated heterocycles. The monoisotopic (exact) mass is 306 g/mol. The number of carbonyl (C=O) groups is 1. The molecular weight excluding hydrogens is 288 g/mol. The molecule has 0 atom stereocenters. The van der Waals surface area contributed by atoms with E-state index in [0.717, 1.165) is 5.56 Å². The Labute approximate surface area is 129 Å². The van der Waals surface area contributed by atoms with E-state index < -0.39 is 5.54 Å². The minimum Gasteiger partial charge on any atom is -0.467 e. The molecule has 1 amide bonds. The molecule has 0 aliphatic carbocycles. The van der Waals surface area contributed by atoms with Crippen LogP contribution >= 0.6 is 11.6 Å². The number of hydrogen-bond acceptors (Lipinski definition) is 3. The highest BCUT2D eigenvalue weighted by Gasteiger charge is 2.23. The van der Waals surface area contributed by atoms with E-state index in [1.54, 1.807) is 6.07 Å². The summed E-state index contributed by atoms with van der Waals surface area (Å²) >= 11 is 6.16. The van der Waals surface area contributed by atoms with Gasteiger partial charge in [-0.1, -0.05) is 29.8 Å². The fourth-order valence-electron chi connectivity index (χ4n) is 2.15. The maximum absolute atomic E-state index is 12.2. The zero-order valence-corrected chi connectivity index (χ0v) is 12.9. The van der Waals surface area contributed by atoms with Crippen molar-refractivity contribution in [3.63, 3.8) is 0 Å². The molecule has 0 aliphatic rings. The van der Waals surface area contributed by atoms with Gasteiger partial charge in [0.1, 0.15) is 12.0 Å². The average Bonchev–Trinajstić information content (AvgIpc) is 2.89. The first kappa shape index (κ1) is 15.6. The predicted molar refractivity (Wildman–Crippen MR) is 83.3 cm³/mol. The number of rotatable bonds is 5. The van der Waals surface area contributed by atoms with Crippen molar-refractivity contribution in [1.29, 1.82) is 0 Å². The van der Waals surface area contributed by atoms with E-state index in [4.69, 9.17) is 21.8 Å². The summed E-state index contributed by atoms with van der Waals surface area (Å²) in [7, 11) is 0. The first-order valence-electron chi connectivity index (χ1n) is 6.75.